The third kappa shape index (κ3) is 8.20. The summed E-state index contributed by atoms with van der Waals surface area (Å²) in [6.07, 6.45) is 0.569. The largest absolute Gasteiger partial charge is 0.480 e. The molecule has 29 heavy (non-hydrogen) atoms. The molecule has 0 aromatic heterocycles. The van der Waals surface area contributed by atoms with Crippen molar-refractivity contribution in [1.82, 2.24) is 10.6 Å². The number of amides is 2. The Bertz CT molecular complexity index is 834. The van der Waals surface area contributed by atoms with Crippen molar-refractivity contribution in [3.8, 4) is 0 Å². The topological polar surface area (TPSA) is 156 Å². The van der Waals surface area contributed by atoms with Crippen LogP contribution in [-0.2, 0) is 19.6 Å². The first-order chi connectivity index (χ1) is 13.3. The minimum atomic E-state index is -3.88. The minimum Gasteiger partial charge on any atom is -0.480 e. The van der Waals surface area contributed by atoms with Gasteiger partial charge >= 0.3 is 5.97 Å². The normalized spacial score (nSPS) is 13.8. The van der Waals surface area contributed by atoms with E-state index in [-0.39, 0.29) is 28.7 Å². The maximum atomic E-state index is 12.6. The number of carbonyl (C=O) groups is 3. The number of hydrogen-bond acceptors (Lipinski definition) is 5. The first-order valence-corrected chi connectivity index (χ1v) is 10.8. The maximum Gasteiger partial charge on any atom is 0.326 e. The number of carboxylic acids is 1. The van der Waals surface area contributed by atoms with Crippen LogP contribution in [0, 0.1) is 11.8 Å². The van der Waals surface area contributed by atoms with E-state index < -0.39 is 39.9 Å². The molecule has 0 saturated heterocycles. The number of benzene rings is 1. The highest BCUT2D eigenvalue weighted by atomic mass is 32.2. The number of nitrogens with two attached hydrogens (primary N) is 1. The fraction of sp³-hybridized carbons (Fsp3) is 0.526. The molecule has 1 rings (SSSR count). The molecule has 0 aliphatic rings. The monoisotopic (exact) mass is 427 g/mol. The van der Waals surface area contributed by atoms with Crippen LogP contribution in [0.4, 0.5) is 0 Å². The number of aliphatic carboxylic acids is 1. The minimum absolute atomic E-state index is 0.0594. The van der Waals surface area contributed by atoms with Crippen molar-refractivity contribution in [2.75, 3.05) is 0 Å². The second-order valence-electron chi connectivity index (χ2n) is 7.75. The van der Waals surface area contributed by atoms with E-state index in [9.17, 15) is 27.9 Å². The molecule has 2 atom stereocenters. The van der Waals surface area contributed by atoms with Crippen LogP contribution in [0.2, 0.25) is 0 Å². The Hall–Kier alpha value is -2.46. The Morgan fingerprint density at radius 3 is 1.83 bits per heavy atom. The van der Waals surface area contributed by atoms with Crippen molar-refractivity contribution in [3.63, 3.8) is 0 Å². The van der Waals surface area contributed by atoms with Gasteiger partial charge in [0.2, 0.25) is 15.9 Å². The number of hydrogen-bond donors (Lipinski definition) is 4. The molecular weight excluding hydrogens is 398 g/mol. The number of carboxylic acid groups (broad SMARTS) is 1. The zero-order valence-corrected chi connectivity index (χ0v) is 17.8. The van der Waals surface area contributed by atoms with Crippen LogP contribution >= 0.6 is 0 Å². The van der Waals surface area contributed by atoms with Crippen molar-refractivity contribution >= 4 is 27.8 Å². The first-order valence-electron chi connectivity index (χ1n) is 9.28. The van der Waals surface area contributed by atoms with Crippen LogP contribution in [0.25, 0.3) is 0 Å². The van der Waals surface area contributed by atoms with Crippen molar-refractivity contribution in [2.24, 2.45) is 17.0 Å². The van der Waals surface area contributed by atoms with E-state index in [4.69, 9.17) is 5.14 Å². The van der Waals surface area contributed by atoms with Gasteiger partial charge in [-0.2, -0.15) is 0 Å². The number of nitrogens with one attached hydrogen (secondary N) is 2. The van der Waals surface area contributed by atoms with Gasteiger partial charge in [-0.05, 0) is 48.9 Å². The van der Waals surface area contributed by atoms with Gasteiger partial charge in [0.25, 0.3) is 5.91 Å². The summed E-state index contributed by atoms with van der Waals surface area (Å²) in [6, 6.07) is 2.99. The van der Waals surface area contributed by atoms with Crippen LogP contribution in [0.1, 0.15) is 50.9 Å². The predicted octanol–water partition coefficient (Wildman–Crippen LogP) is 1.09. The first kappa shape index (κ1) is 24.6. The molecule has 0 aliphatic heterocycles. The fourth-order valence-electron chi connectivity index (χ4n) is 2.71. The van der Waals surface area contributed by atoms with Gasteiger partial charge in [0.1, 0.15) is 12.1 Å². The van der Waals surface area contributed by atoms with Gasteiger partial charge in [-0.1, -0.05) is 27.7 Å². The molecule has 9 nitrogen and oxygen atoms in total. The molecule has 10 heteroatoms. The van der Waals surface area contributed by atoms with E-state index in [2.05, 4.69) is 10.6 Å². The molecule has 0 spiro atoms. The van der Waals surface area contributed by atoms with Gasteiger partial charge in [-0.15, -0.1) is 0 Å². The van der Waals surface area contributed by atoms with E-state index in [1.54, 1.807) is 0 Å². The third-order valence-electron chi connectivity index (χ3n) is 4.10. The average molecular weight is 428 g/mol. The lowest BCUT2D eigenvalue weighted by molar-refractivity contribution is -0.142. The lowest BCUT2D eigenvalue weighted by Gasteiger charge is -2.23. The zero-order valence-electron chi connectivity index (χ0n) is 17.0. The van der Waals surface area contributed by atoms with Crippen LogP contribution in [-0.4, -0.2) is 43.4 Å². The molecule has 0 aliphatic carbocycles. The van der Waals surface area contributed by atoms with Crippen LogP contribution in [0.3, 0.4) is 0 Å². The van der Waals surface area contributed by atoms with Gasteiger partial charge < -0.3 is 15.7 Å². The Labute approximate surface area is 171 Å². The van der Waals surface area contributed by atoms with E-state index in [0.29, 0.717) is 6.42 Å². The zero-order chi connectivity index (χ0) is 22.4. The summed E-state index contributed by atoms with van der Waals surface area (Å²) < 4.78 is 22.6. The molecule has 5 N–H and O–H groups in total. The summed E-state index contributed by atoms with van der Waals surface area (Å²) in [4.78, 5) is 36.4. The standard InChI is InChI=1S/C19H29N3O6S/c1-11(2)9-15(18(24)22-16(19(25)26)10-12(3)4)21-17(23)13-5-7-14(8-6-13)29(20,27)28/h5-8,11-12,15-16H,9-10H2,1-4H3,(H,21,23)(H,22,24)(H,25,26)(H2,20,27,28)/t15-,16-/m1/s1. The predicted molar refractivity (Wildman–Crippen MR) is 108 cm³/mol. The van der Waals surface area contributed by atoms with E-state index in [0.717, 1.165) is 0 Å². The van der Waals surface area contributed by atoms with Gasteiger partial charge in [-0.3, -0.25) is 9.59 Å². The number of primary sulfonamides is 1. The lowest BCUT2D eigenvalue weighted by atomic mass is 10.00. The molecule has 0 bridgehead atoms. The molecule has 1 aromatic carbocycles. The smallest absolute Gasteiger partial charge is 0.326 e. The number of sulfonamides is 1. The highest BCUT2D eigenvalue weighted by molar-refractivity contribution is 7.89. The Balaban J connectivity index is 2.96. The Morgan fingerprint density at radius 2 is 1.41 bits per heavy atom. The second-order valence-corrected chi connectivity index (χ2v) is 9.32. The molecule has 162 valence electrons. The molecular formula is C19H29N3O6S. The highest BCUT2D eigenvalue weighted by Crippen LogP contribution is 2.12. The summed E-state index contributed by atoms with van der Waals surface area (Å²) >= 11 is 0. The Morgan fingerprint density at radius 1 is 0.931 bits per heavy atom. The fourth-order valence-corrected chi connectivity index (χ4v) is 3.22. The molecule has 0 radical (unpaired) electrons. The molecule has 0 saturated carbocycles. The second kappa shape index (κ2) is 10.4. The van der Waals surface area contributed by atoms with Gasteiger partial charge in [0, 0.05) is 5.56 Å². The lowest BCUT2D eigenvalue weighted by Crippen LogP contribution is -2.52. The average Bonchev–Trinajstić information content (AvgIpc) is 2.58. The number of rotatable bonds is 10. The third-order valence-corrected chi connectivity index (χ3v) is 5.02. The van der Waals surface area contributed by atoms with Crippen molar-refractivity contribution in [2.45, 2.75) is 57.5 Å². The summed E-state index contributed by atoms with van der Waals surface area (Å²) in [5.41, 5.74) is 0.149. The summed E-state index contributed by atoms with van der Waals surface area (Å²) in [5, 5.41) is 19.4. The van der Waals surface area contributed by atoms with Crippen molar-refractivity contribution in [3.05, 3.63) is 29.8 Å². The molecule has 0 fully saturated rings. The van der Waals surface area contributed by atoms with E-state index in [1.807, 2.05) is 27.7 Å². The van der Waals surface area contributed by atoms with Crippen LogP contribution in [0.5, 0.6) is 0 Å². The van der Waals surface area contributed by atoms with Crippen LogP contribution < -0.4 is 15.8 Å². The van der Waals surface area contributed by atoms with E-state index >= 15 is 0 Å². The van der Waals surface area contributed by atoms with E-state index in [1.165, 1.54) is 24.3 Å². The quantitative estimate of drug-likeness (QED) is 0.438. The highest BCUT2D eigenvalue weighted by Gasteiger charge is 2.28. The molecule has 2 amide bonds. The van der Waals surface area contributed by atoms with Crippen molar-refractivity contribution < 1.29 is 27.9 Å². The molecule has 1 aromatic rings. The molecule has 0 unspecified atom stereocenters. The van der Waals surface area contributed by atoms with Crippen molar-refractivity contribution in [1.29, 1.82) is 0 Å². The summed E-state index contributed by atoms with van der Waals surface area (Å²) in [7, 11) is -3.88. The summed E-state index contributed by atoms with van der Waals surface area (Å²) in [5.74, 6) is -2.18. The number of carbonyl (C=O) groups excluding carboxylic acids is 2. The summed E-state index contributed by atoms with van der Waals surface area (Å²) in [6.45, 7) is 7.44. The SMILES string of the molecule is CC(C)C[C@@H](NC(=O)[C@@H](CC(C)C)NC(=O)c1ccc(S(N)(=O)=O)cc1)C(=O)O. The maximum absolute atomic E-state index is 12.6. The van der Waals surface area contributed by atoms with Crippen LogP contribution in [0.15, 0.2) is 29.2 Å². The van der Waals surface area contributed by atoms with Gasteiger partial charge in [-0.25, -0.2) is 18.4 Å². The molecule has 0 heterocycles. The van der Waals surface area contributed by atoms with Gasteiger partial charge in [0.15, 0.2) is 0 Å². The Kier molecular flexibility index (Phi) is 8.78. The van der Waals surface area contributed by atoms with Gasteiger partial charge in [0.05, 0.1) is 4.90 Å².